The average molecular weight is 437 g/mol. The maximum Gasteiger partial charge on any atom is 0.254 e. The van der Waals surface area contributed by atoms with E-state index < -0.39 is 0 Å². The number of nitrogens with two attached hydrogens (primary N) is 1. The number of aliphatic hydroxyl groups is 1. The Kier molecular flexibility index (Phi) is 6.79. The Balaban J connectivity index is 1.81. The fourth-order valence-electron chi connectivity index (χ4n) is 3.73. The van der Waals surface area contributed by atoms with Gasteiger partial charge in [0.05, 0.1) is 28.1 Å². The number of likely N-dealkylation sites (tertiary alicyclic amines) is 1. The first-order chi connectivity index (χ1) is 14.8. The van der Waals surface area contributed by atoms with E-state index in [9.17, 15) is 4.79 Å². The van der Waals surface area contributed by atoms with E-state index in [1.807, 2.05) is 32.0 Å². The summed E-state index contributed by atoms with van der Waals surface area (Å²) in [6.45, 7) is 4.81. The molecule has 1 amide bonds. The number of nitriles is 1. The molecule has 1 fully saturated rings. The van der Waals surface area contributed by atoms with Gasteiger partial charge in [0.15, 0.2) is 0 Å². The lowest BCUT2D eigenvalue weighted by molar-refractivity contribution is 0.0601. The van der Waals surface area contributed by atoms with Crippen molar-refractivity contribution >= 4 is 28.9 Å². The number of carbonyl (C=O) groups is 1. The first kappa shape index (κ1) is 22.5. The minimum absolute atomic E-state index is 0.0579. The topological polar surface area (TPSA) is 114 Å². The van der Waals surface area contributed by atoms with Gasteiger partial charge in [-0.05, 0) is 48.7 Å². The van der Waals surface area contributed by atoms with E-state index in [1.165, 1.54) is 0 Å². The van der Waals surface area contributed by atoms with E-state index in [1.54, 1.807) is 23.1 Å². The number of aliphatic hydroxyl groups excluding tert-OH is 1. The van der Waals surface area contributed by atoms with Crippen LogP contribution in [0.4, 0.5) is 0 Å². The Morgan fingerprint density at radius 1 is 1.23 bits per heavy atom. The summed E-state index contributed by atoms with van der Waals surface area (Å²) in [4.78, 5) is 14.9. The molecular formula is C24H25ClN4O2. The molecule has 0 bridgehead atoms. The van der Waals surface area contributed by atoms with E-state index in [0.29, 0.717) is 29.8 Å². The van der Waals surface area contributed by atoms with Crippen molar-refractivity contribution < 1.29 is 9.90 Å². The lowest BCUT2D eigenvalue weighted by atomic mass is 9.89. The molecule has 3 rings (SSSR count). The van der Waals surface area contributed by atoms with Gasteiger partial charge in [-0.3, -0.25) is 4.79 Å². The van der Waals surface area contributed by atoms with Gasteiger partial charge in [0.25, 0.3) is 5.91 Å². The molecule has 7 heteroatoms. The number of halogens is 1. The van der Waals surface area contributed by atoms with Crippen LogP contribution in [0.2, 0.25) is 0 Å². The number of amides is 1. The molecule has 2 aromatic rings. The molecule has 4 N–H and O–H groups in total. The smallest absolute Gasteiger partial charge is 0.254 e. The molecule has 0 radical (unpaired) electrons. The van der Waals surface area contributed by atoms with Crippen molar-refractivity contribution in [3.05, 3.63) is 74.8 Å². The molecule has 1 aliphatic rings. The molecule has 1 aliphatic heterocycles. The third-order valence-corrected chi connectivity index (χ3v) is 6.07. The van der Waals surface area contributed by atoms with Crippen LogP contribution in [0.15, 0.2) is 41.4 Å². The fraction of sp³-hybridized carbons (Fsp3) is 0.292. The van der Waals surface area contributed by atoms with Crippen LogP contribution in [0.3, 0.4) is 0 Å². The highest BCUT2D eigenvalue weighted by atomic mass is 35.5. The summed E-state index contributed by atoms with van der Waals surface area (Å²) < 4.78 is 0. The molecule has 31 heavy (non-hydrogen) atoms. The summed E-state index contributed by atoms with van der Waals surface area (Å²) in [5.74, 6) is 0.179. The Hall–Kier alpha value is -3.14. The quantitative estimate of drug-likeness (QED) is 0.599. The first-order valence-electron chi connectivity index (χ1n) is 10.0. The van der Waals surface area contributed by atoms with Gasteiger partial charge < -0.3 is 21.1 Å². The molecule has 0 aromatic heterocycles. The molecule has 6 nitrogen and oxygen atoms in total. The van der Waals surface area contributed by atoms with Crippen molar-refractivity contribution in [2.75, 3.05) is 19.7 Å². The van der Waals surface area contributed by atoms with Crippen LogP contribution >= 0.6 is 11.6 Å². The van der Waals surface area contributed by atoms with E-state index in [2.05, 4.69) is 6.07 Å². The van der Waals surface area contributed by atoms with Crippen molar-refractivity contribution in [1.29, 1.82) is 10.7 Å². The molecule has 0 unspecified atom stereocenters. The minimum Gasteiger partial charge on any atom is -0.397 e. The zero-order valence-corrected chi connectivity index (χ0v) is 18.3. The minimum atomic E-state index is -0.186. The molecule has 0 atom stereocenters. The van der Waals surface area contributed by atoms with Crippen LogP contribution in [0.25, 0.3) is 5.70 Å². The SMILES string of the molecule is Cc1cc(C)c(/C(N)=C(\Cl)C(=N)CCO)cc1C(=O)N1CC(c2ccc(C#N)cc2)C1. The standard InChI is InChI=1S/C24H25ClN4O2/c1-14-9-15(2)20(10-19(14)23(28)22(25)21(27)7-8-30)24(31)29-12-18(13-29)17-5-3-16(11-26)4-6-17/h3-6,9-10,18,27,30H,7-8,12-13,28H2,1-2H3/b23-22+,27-21?. The molecule has 0 aliphatic carbocycles. The van der Waals surface area contributed by atoms with Crippen molar-refractivity contribution in [2.24, 2.45) is 5.73 Å². The lowest BCUT2D eigenvalue weighted by Crippen LogP contribution is -2.48. The summed E-state index contributed by atoms with van der Waals surface area (Å²) in [5.41, 5.74) is 11.1. The van der Waals surface area contributed by atoms with Crippen molar-refractivity contribution in [1.82, 2.24) is 4.90 Å². The summed E-state index contributed by atoms with van der Waals surface area (Å²) in [5, 5.41) is 26.0. The van der Waals surface area contributed by atoms with Crippen molar-refractivity contribution in [3.63, 3.8) is 0 Å². The van der Waals surface area contributed by atoms with Gasteiger partial charge in [0.2, 0.25) is 0 Å². The highest BCUT2D eigenvalue weighted by molar-refractivity contribution is 6.46. The van der Waals surface area contributed by atoms with Gasteiger partial charge in [-0.25, -0.2) is 0 Å². The Morgan fingerprint density at radius 2 is 1.84 bits per heavy atom. The monoisotopic (exact) mass is 436 g/mol. The van der Waals surface area contributed by atoms with Crippen LogP contribution in [-0.4, -0.2) is 41.3 Å². The molecule has 2 aromatic carbocycles. The number of allylic oxidation sites excluding steroid dienone is 1. The number of carbonyl (C=O) groups excluding carboxylic acids is 1. The maximum absolute atomic E-state index is 13.1. The van der Waals surface area contributed by atoms with Crippen LogP contribution in [0.1, 0.15) is 50.5 Å². The summed E-state index contributed by atoms with van der Waals surface area (Å²) in [6.07, 6.45) is 0.112. The molecule has 160 valence electrons. The molecule has 1 heterocycles. The second-order valence-corrected chi connectivity index (χ2v) is 8.18. The number of aryl methyl sites for hydroxylation is 2. The Morgan fingerprint density at radius 3 is 2.42 bits per heavy atom. The normalized spacial score (nSPS) is 14.5. The number of benzene rings is 2. The number of rotatable bonds is 6. The lowest BCUT2D eigenvalue weighted by Gasteiger charge is -2.40. The zero-order chi connectivity index (χ0) is 22.7. The van der Waals surface area contributed by atoms with Crippen LogP contribution in [0, 0.1) is 30.6 Å². The number of nitrogens with one attached hydrogen (secondary N) is 1. The van der Waals surface area contributed by atoms with E-state index in [0.717, 1.165) is 16.7 Å². The van der Waals surface area contributed by atoms with Gasteiger partial charge in [-0.15, -0.1) is 0 Å². The number of hydrogen-bond acceptors (Lipinski definition) is 5. The van der Waals surface area contributed by atoms with E-state index >= 15 is 0 Å². The van der Waals surface area contributed by atoms with Gasteiger partial charge in [-0.1, -0.05) is 29.8 Å². The van der Waals surface area contributed by atoms with Crippen LogP contribution in [-0.2, 0) is 0 Å². The zero-order valence-electron chi connectivity index (χ0n) is 17.6. The second-order valence-electron chi connectivity index (χ2n) is 7.80. The summed E-state index contributed by atoms with van der Waals surface area (Å²) >= 11 is 6.25. The van der Waals surface area contributed by atoms with Crippen molar-refractivity contribution in [3.8, 4) is 6.07 Å². The predicted molar refractivity (Wildman–Crippen MR) is 122 cm³/mol. The number of nitrogens with zero attached hydrogens (tertiary/aromatic N) is 2. The average Bonchev–Trinajstić information content (AvgIpc) is 2.72. The molecule has 0 spiro atoms. The fourth-order valence-corrected chi connectivity index (χ4v) is 3.93. The number of hydrogen-bond donors (Lipinski definition) is 3. The molecular weight excluding hydrogens is 412 g/mol. The van der Waals surface area contributed by atoms with E-state index in [4.69, 9.17) is 33.1 Å². The second kappa shape index (κ2) is 9.34. The van der Waals surface area contributed by atoms with Gasteiger partial charge in [-0.2, -0.15) is 5.26 Å². The molecule has 1 saturated heterocycles. The van der Waals surface area contributed by atoms with Gasteiger partial charge in [0.1, 0.15) is 0 Å². The third kappa shape index (κ3) is 4.63. The predicted octanol–water partition coefficient (Wildman–Crippen LogP) is 3.68. The molecule has 0 saturated carbocycles. The Bertz CT molecular complexity index is 1090. The summed E-state index contributed by atoms with van der Waals surface area (Å²) in [7, 11) is 0. The highest BCUT2D eigenvalue weighted by Crippen LogP contribution is 2.31. The largest absolute Gasteiger partial charge is 0.397 e. The van der Waals surface area contributed by atoms with E-state index in [-0.39, 0.29) is 41.3 Å². The Labute approximate surface area is 187 Å². The van der Waals surface area contributed by atoms with Crippen LogP contribution in [0.5, 0.6) is 0 Å². The third-order valence-electron chi connectivity index (χ3n) is 5.64. The van der Waals surface area contributed by atoms with Crippen LogP contribution < -0.4 is 5.73 Å². The highest BCUT2D eigenvalue weighted by Gasteiger charge is 2.33. The maximum atomic E-state index is 13.1. The van der Waals surface area contributed by atoms with Crippen molar-refractivity contribution in [2.45, 2.75) is 26.2 Å². The summed E-state index contributed by atoms with van der Waals surface area (Å²) in [6, 6.07) is 13.2. The van der Waals surface area contributed by atoms with Gasteiger partial charge >= 0.3 is 0 Å². The first-order valence-corrected chi connectivity index (χ1v) is 10.4. The van der Waals surface area contributed by atoms with Gasteiger partial charge in [0, 0.05) is 43.2 Å².